The van der Waals surface area contributed by atoms with Gasteiger partial charge in [-0.2, -0.15) is 0 Å². The molecule has 2 aromatic rings. The van der Waals surface area contributed by atoms with E-state index >= 15 is 0 Å². The molecule has 0 saturated heterocycles. The molecule has 2 bridgehead atoms. The molecule has 3 aliphatic rings. The Hall–Kier alpha value is -3.12. The Morgan fingerprint density at radius 2 is 1.40 bits per heavy atom. The fourth-order valence-corrected chi connectivity index (χ4v) is 4.52. The number of hydrogen-bond acceptors (Lipinski definition) is 0. The summed E-state index contributed by atoms with van der Waals surface area (Å²) in [5, 5.41) is 2.76. The molecule has 0 heterocycles. The second-order valence-electron chi connectivity index (χ2n) is 7.81. The molecule has 0 unspecified atom stereocenters. The van der Waals surface area contributed by atoms with Gasteiger partial charge in [-0.05, 0) is 70.0 Å². The maximum Gasteiger partial charge on any atom is -0.00516 e. The van der Waals surface area contributed by atoms with E-state index in [9.17, 15) is 0 Å². The van der Waals surface area contributed by atoms with Gasteiger partial charge in [0, 0.05) is 0 Å². The molecule has 0 radical (unpaired) electrons. The van der Waals surface area contributed by atoms with Gasteiger partial charge in [0.1, 0.15) is 0 Å². The summed E-state index contributed by atoms with van der Waals surface area (Å²) in [7, 11) is 0. The van der Waals surface area contributed by atoms with E-state index in [2.05, 4.69) is 98.0 Å². The van der Waals surface area contributed by atoms with Crippen molar-refractivity contribution in [1.82, 2.24) is 0 Å². The van der Waals surface area contributed by atoms with Gasteiger partial charge >= 0.3 is 0 Å². The number of fused-ring (bicyclic) bond motifs is 4. The summed E-state index contributed by atoms with van der Waals surface area (Å²) in [5.41, 5.74) is 9.85. The van der Waals surface area contributed by atoms with Gasteiger partial charge in [0.05, 0.1) is 0 Å². The van der Waals surface area contributed by atoms with Crippen molar-refractivity contribution in [2.75, 3.05) is 0 Å². The summed E-state index contributed by atoms with van der Waals surface area (Å²) in [4.78, 5) is 0. The first kappa shape index (κ1) is 21.6. The van der Waals surface area contributed by atoms with Crippen LogP contribution in [0.15, 0.2) is 95.6 Å². The Morgan fingerprint density at radius 1 is 0.700 bits per heavy atom. The van der Waals surface area contributed by atoms with Gasteiger partial charge in [0.2, 0.25) is 0 Å². The lowest BCUT2D eigenvalue weighted by Crippen LogP contribution is -2.30. The molecule has 0 N–H and O–H groups in total. The normalized spacial score (nSPS) is 20.4. The number of benzene rings is 2. The topological polar surface area (TPSA) is 0 Å². The molecule has 0 spiro atoms. The molecule has 0 atom stereocenters. The minimum Gasteiger partial charge on any atom is -0.0795 e. The SMILES string of the molecule is C.C.C/C1=c2\cccc\c2=C(/C2=Cc3ccccc3C=CC2)CC2=CC=CC=C1C2. The van der Waals surface area contributed by atoms with E-state index in [-0.39, 0.29) is 14.9 Å². The second kappa shape index (κ2) is 9.13. The summed E-state index contributed by atoms with van der Waals surface area (Å²) in [6.07, 6.45) is 19.0. The third-order valence-corrected chi connectivity index (χ3v) is 6.05. The van der Waals surface area contributed by atoms with Gasteiger partial charge in [0.25, 0.3) is 0 Å². The Morgan fingerprint density at radius 3 is 2.23 bits per heavy atom. The van der Waals surface area contributed by atoms with Crippen LogP contribution in [0.4, 0.5) is 0 Å². The van der Waals surface area contributed by atoms with Crippen LogP contribution >= 0.6 is 0 Å². The lowest BCUT2D eigenvalue weighted by molar-refractivity contribution is 1.06. The van der Waals surface area contributed by atoms with E-state index in [0.717, 1.165) is 19.3 Å². The van der Waals surface area contributed by atoms with Crippen molar-refractivity contribution >= 4 is 23.3 Å². The van der Waals surface area contributed by atoms with Crippen molar-refractivity contribution in [2.24, 2.45) is 0 Å². The highest BCUT2D eigenvalue weighted by atomic mass is 14.2. The average Bonchev–Trinajstić information content (AvgIpc) is 3.09. The van der Waals surface area contributed by atoms with Crippen LogP contribution in [0, 0.1) is 0 Å². The second-order valence-corrected chi connectivity index (χ2v) is 7.81. The van der Waals surface area contributed by atoms with Crippen LogP contribution in [0.25, 0.3) is 23.3 Å². The molecule has 5 rings (SSSR count). The molecular weight excluding hydrogens is 360 g/mol. The average molecular weight is 393 g/mol. The zero-order chi connectivity index (χ0) is 18.9. The van der Waals surface area contributed by atoms with Crippen molar-refractivity contribution < 1.29 is 0 Å². The predicted molar refractivity (Wildman–Crippen MR) is 134 cm³/mol. The van der Waals surface area contributed by atoms with Gasteiger partial charge in [-0.15, -0.1) is 0 Å². The number of allylic oxidation sites excluding steroid dienone is 8. The van der Waals surface area contributed by atoms with Crippen LogP contribution in [0.1, 0.15) is 52.2 Å². The largest absolute Gasteiger partial charge is 0.0795 e. The Kier molecular flexibility index (Phi) is 6.57. The van der Waals surface area contributed by atoms with E-state index in [4.69, 9.17) is 0 Å². The molecular formula is C30H32. The van der Waals surface area contributed by atoms with Gasteiger partial charge in [-0.1, -0.05) is 111 Å². The summed E-state index contributed by atoms with van der Waals surface area (Å²) < 4.78 is 0. The first-order valence-electron chi connectivity index (χ1n) is 10.1. The Labute approximate surface area is 181 Å². The highest BCUT2D eigenvalue weighted by Gasteiger charge is 2.17. The molecule has 0 fully saturated rings. The molecule has 0 saturated carbocycles. The van der Waals surface area contributed by atoms with Crippen LogP contribution in [0.5, 0.6) is 0 Å². The predicted octanol–water partition coefficient (Wildman–Crippen LogP) is 7.00. The van der Waals surface area contributed by atoms with Crippen LogP contribution < -0.4 is 10.4 Å². The minimum absolute atomic E-state index is 0. The maximum atomic E-state index is 2.40. The number of rotatable bonds is 1. The fraction of sp³-hybridized carbons (Fsp3) is 0.200. The third-order valence-electron chi connectivity index (χ3n) is 6.05. The summed E-state index contributed by atoms with van der Waals surface area (Å²) in [6, 6.07) is 17.6. The molecule has 2 aromatic carbocycles. The first-order chi connectivity index (χ1) is 13.8. The zero-order valence-electron chi connectivity index (χ0n) is 16.3. The van der Waals surface area contributed by atoms with Crippen LogP contribution in [0.2, 0.25) is 0 Å². The minimum atomic E-state index is 0. The van der Waals surface area contributed by atoms with E-state index in [0.29, 0.717) is 0 Å². The van der Waals surface area contributed by atoms with Gasteiger partial charge in [0.15, 0.2) is 0 Å². The lowest BCUT2D eigenvalue weighted by Gasteiger charge is -2.19. The highest BCUT2D eigenvalue weighted by molar-refractivity contribution is 5.82. The maximum absolute atomic E-state index is 2.40. The van der Waals surface area contributed by atoms with Crippen molar-refractivity contribution in [3.05, 3.63) is 117 Å². The Bertz CT molecular complexity index is 1220. The summed E-state index contributed by atoms with van der Waals surface area (Å²) in [5.74, 6) is 0. The quantitative estimate of drug-likeness (QED) is 0.490. The number of hydrogen-bond donors (Lipinski definition) is 0. The first-order valence-corrected chi connectivity index (χ1v) is 10.1. The van der Waals surface area contributed by atoms with Crippen LogP contribution in [-0.2, 0) is 0 Å². The summed E-state index contributed by atoms with van der Waals surface area (Å²) >= 11 is 0. The standard InChI is InChI=1S/C28H24.2CH4/c1-20-23-11-3-2-9-21(17-23)18-28(27-16-7-6-15-26(20)27)25-14-8-13-22-10-4-5-12-24(22)19-25;;/h2-13,15-16,19H,14,17-18H2,1H3;2*1H4/b26-20-,28-27+;;. The van der Waals surface area contributed by atoms with Crippen LogP contribution in [-0.4, -0.2) is 0 Å². The van der Waals surface area contributed by atoms with Gasteiger partial charge in [-0.25, -0.2) is 0 Å². The van der Waals surface area contributed by atoms with E-state index in [1.54, 1.807) is 0 Å². The molecule has 3 aliphatic carbocycles. The molecule has 152 valence electrons. The van der Waals surface area contributed by atoms with E-state index in [1.165, 1.54) is 49.4 Å². The van der Waals surface area contributed by atoms with Gasteiger partial charge in [-0.3, -0.25) is 0 Å². The molecule has 30 heavy (non-hydrogen) atoms. The van der Waals surface area contributed by atoms with Gasteiger partial charge < -0.3 is 0 Å². The van der Waals surface area contributed by atoms with E-state index < -0.39 is 0 Å². The van der Waals surface area contributed by atoms with Crippen LogP contribution in [0.3, 0.4) is 0 Å². The monoisotopic (exact) mass is 392 g/mol. The smallest absolute Gasteiger partial charge is 0.00516 e. The zero-order valence-corrected chi connectivity index (χ0v) is 16.3. The van der Waals surface area contributed by atoms with Crippen molar-refractivity contribution in [3.63, 3.8) is 0 Å². The Balaban J connectivity index is 0.00000128. The highest BCUT2D eigenvalue weighted by Crippen LogP contribution is 2.33. The fourth-order valence-electron chi connectivity index (χ4n) is 4.52. The van der Waals surface area contributed by atoms with Crippen molar-refractivity contribution in [2.45, 2.75) is 41.0 Å². The van der Waals surface area contributed by atoms with Crippen molar-refractivity contribution in [3.8, 4) is 0 Å². The lowest BCUT2D eigenvalue weighted by atomic mass is 9.85. The molecule has 0 nitrogen and oxygen atoms in total. The molecule has 0 amide bonds. The molecule has 0 aromatic heterocycles. The molecule has 0 heteroatoms. The summed E-state index contributed by atoms with van der Waals surface area (Å²) in [6.45, 7) is 2.28. The van der Waals surface area contributed by atoms with E-state index in [1.807, 2.05) is 0 Å². The molecule has 0 aliphatic heterocycles. The van der Waals surface area contributed by atoms with Crippen molar-refractivity contribution in [1.29, 1.82) is 0 Å². The third kappa shape index (κ3) is 3.96.